The predicted octanol–water partition coefficient (Wildman–Crippen LogP) is 4.02. The number of thioether (sulfide) groups is 1. The summed E-state index contributed by atoms with van der Waals surface area (Å²) < 4.78 is 0. The molecule has 4 rings (SSSR count). The average Bonchev–Trinajstić information content (AvgIpc) is 3.12. The van der Waals surface area contributed by atoms with Gasteiger partial charge in [-0.05, 0) is 44.2 Å². The molecule has 1 aliphatic carbocycles. The topological polar surface area (TPSA) is 52.7 Å². The summed E-state index contributed by atoms with van der Waals surface area (Å²) in [6.45, 7) is 4.25. The van der Waals surface area contributed by atoms with Crippen molar-refractivity contribution in [3.63, 3.8) is 0 Å². The fourth-order valence-electron chi connectivity index (χ4n) is 4.84. The van der Waals surface area contributed by atoms with Crippen LogP contribution in [0.25, 0.3) is 0 Å². The number of hydrogen-bond acceptors (Lipinski definition) is 3. The fraction of sp³-hybridized carbons (Fsp3) is 0.636. The maximum absolute atomic E-state index is 13.2. The number of amides is 3. The molecule has 0 aromatic heterocycles. The molecule has 1 aromatic rings. The summed E-state index contributed by atoms with van der Waals surface area (Å²) in [5, 5.41) is 3.23. The van der Waals surface area contributed by atoms with Crippen molar-refractivity contribution in [1.82, 2.24) is 15.1 Å². The minimum absolute atomic E-state index is 0.0847. The number of urea groups is 1. The summed E-state index contributed by atoms with van der Waals surface area (Å²) in [4.78, 5) is 29.8. The maximum Gasteiger partial charge on any atom is 0.317 e. The van der Waals surface area contributed by atoms with E-state index in [1.807, 2.05) is 47.9 Å². The van der Waals surface area contributed by atoms with Gasteiger partial charge in [0.1, 0.15) is 0 Å². The van der Waals surface area contributed by atoms with Crippen LogP contribution in [-0.4, -0.2) is 58.0 Å². The second-order valence-electron chi connectivity index (χ2n) is 8.34. The highest BCUT2D eigenvalue weighted by atomic mass is 32.2. The van der Waals surface area contributed by atoms with E-state index in [9.17, 15) is 9.59 Å². The van der Waals surface area contributed by atoms with E-state index in [2.05, 4.69) is 10.2 Å². The summed E-state index contributed by atoms with van der Waals surface area (Å²) in [6.07, 6.45) is 7.67. The highest BCUT2D eigenvalue weighted by Gasteiger charge is 2.47. The van der Waals surface area contributed by atoms with Crippen molar-refractivity contribution in [1.29, 1.82) is 0 Å². The largest absolute Gasteiger partial charge is 0.335 e. The van der Waals surface area contributed by atoms with Crippen LogP contribution >= 0.6 is 11.8 Å². The van der Waals surface area contributed by atoms with Crippen LogP contribution in [0.5, 0.6) is 0 Å². The second kappa shape index (κ2) is 8.36. The van der Waals surface area contributed by atoms with E-state index in [-0.39, 0.29) is 16.8 Å². The van der Waals surface area contributed by atoms with Crippen molar-refractivity contribution in [3.8, 4) is 0 Å². The zero-order valence-corrected chi connectivity index (χ0v) is 17.6. The number of likely N-dealkylation sites (tertiary alicyclic amines) is 1. The van der Waals surface area contributed by atoms with Crippen LogP contribution in [0.1, 0.15) is 60.9 Å². The van der Waals surface area contributed by atoms with Crippen molar-refractivity contribution in [2.24, 2.45) is 0 Å². The third-order valence-electron chi connectivity index (χ3n) is 6.56. The first-order valence-electron chi connectivity index (χ1n) is 10.7. The molecule has 0 unspecified atom stereocenters. The van der Waals surface area contributed by atoms with Crippen LogP contribution in [0.15, 0.2) is 24.3 Å². The highest BCUT2D eigenvalue weighted by Crippen LogP contribution is 2.44. The first kappa shape index (κ1) is 19.6. The number of carbonyl (C=O) groups is 2. The maximum atomic E-state index is 13.2. The zero-order valence-electron chi connectivity index (χ0n) is 16.8. The van der Waals surface area contributed by atoms with Gasteiger partial charge in [-0.2, -0.15) is 0 Å². The van der Waals surface area contributed by atoms with Gasteiger partial charge in [-0.15, -0.1) is 11.8 Å². The first-order valence-corrected chi connectivity index (χ1v) is 11.6. The molecule has 2 aliphatic heterocycles. The number of benzene rings is 1. The van der Waals surface area contributed by atoms with Crippen LogP contribution in [0.4, 0.5) is 4.79 Å². The van der Waals surface area contributed by atoms with Gasteiger partial charge in [0.2, 0.25) is 0 Å². The molecule has 3 fully saturated rings. The molecule has 1 N–H and O–H groups in total. The Balaban J connectivity index is 1.39. The third kappa shape index (κ3) is 3.88. The Kier molecular flexibility index (Phi) is 5.85. The Hall–Kier alpha value is -1.69. The minimum atomic E-state index is -0.152. The number of nitrogens with zero attached hydrogens (tertiary/aromatic N) is 2. The number of aryl methyl sites for hydroxylation is 1. The smallest absolute Gasteiger partial charge is 0.317 e. The summed E-state index contributed by atoms with van der Waals surface area (Å²) in [5.41, 5.74) is 1.84. The van der Waals surface area contributed by atoms with Crippen molar-refractivity contribution in [3.05, 3.63) is 35.4 Å². The van der Waals surface area contributed by atoms with E-state index in [1.165, 1.54) is 19.3 Å². The summed E-state index contributed by atoms with van der Waals surface area (Å²) in [5.74, 6) is 1.12. The number of rotatable bonds is 2. The predicted molar refractivity (Wildman–Crippen MR) is 114 cm³/mol. The molecule has 6 heteroatoms. The van der Waals surface area contributed by atoms with Gasteiger partial charge < -0.3 is 15.1 Å². The molecule has 1 spiro atoms. The summed E-state index contributed by atoms with van der Waals surface area (Å²) in [7, 11) is 0. The average molecular weight is 402 g/mol. The first-order chi connectivity index (χ1) is 13.6. The van der Waals surface area contributed by atoms with Gasteiger partial charge in [-0.3, -0.25) is 4.79 Å². The highest BCUT2D eigenvalue weighted by molar-refractivity contribution is 8.00. The van der Waals surface area contributed by atoms with Gasteiger partial charge in [-0.25, -0.2) is 4.79 Å². The lowest BCUT2D eigenvalue weighted by Crippen LogP contribution is -2.56. The van der Waals surface area contributed by atoms with Gasteiger partial charge in [0.25, 0.3) is 5.91 Å². The van der Waals surface area contributed by atoms with Crippen molar-refractivity contribution in [2.75, 3.05) is 25.4 Å². The lowest BCUT2D eigenvalue weighted by molar-refractivity contribution is 0.0578. The SMILES string of the molecule is Cc1ccccc1C(=O)N1CCSC12CCN(C(=O)NC1CCCCC1)CC2. The Labute approximate surface area is 172 Å². The van der Waals surface area contributed by atoms with Crippen LogP contribution in [0, 0.1) is 6.92 Å². The van der Waals surface area contributed by atoms with E-state index in [0.717, 1.165) is 62.2 Å². The van der Waals surface area contributed by atoms with Crippen LogP contribution in [0.2, 0.25) is 0 Å². The molecule has 1 aromatic carbocycles. The second-order valence-corrected chi connectivity index (χ2v) is 9.79. The van der Waals surface area contributed by atoms with E-state index in [0.29, 0.717) is 6.04 Å². The molecule has 3 amide bonds. The molecule has 2 saturated heterocycles. The lowest BCUT2D eigenvalue weighted by atomic mass is 9.95. The van der Waals surface area contributed by atoms with E-state index in [1.54, 1.807) is 0 Å². The molecule has 1 saturated carbocycles. The van der Waals surface area contributed by atoms with Crippen LogP contribution < -0.4 is 5.32 Å². The Morgan fingerprint density at radius 2 is 1.79 bits per heavy atom. The monoisotopic (exact) mass is 401 g/mol. The Bertz CT molecular complexity index is 724. The molecular formula is C22H31N3O2S. The molecule has 0 radical (unpaired) electrons. The van der Waals surface area contributed by atoms with E-state index in [4.69, 9.17) is 0 Å². The molecule has 2 heterocycles. The molecule has 0 bridgehead atoms. The third-order valence-corrected chi connectivity index (χ3v) is 8.12. The zero-order chi connectivity index (χ0) is 19.6. The molecule has 0 atom stereocenters. The number of nitrogens with one attached hydrogen (secondary N) is 1. The van der Waals surface area contributed by atoms with Crippen molar-refractivity contribution in [2.45, 2.75) is 62.8 Å². The van der Waals surface area contributed by atoms with Gasteiger partial charge in [0.15, 0.2) is 0 Å². The van der Waals surface area contributed by atoms with Crippen LogP contribution in [0.3, 0.4) is 0 Å². The molecule has 152 valence electrons. The number of piperidine rings is 1. The van der Waals surface area contributed by atoms with E-state index < -0.39 is 0 Å². The normalized spacial score (nSPS) is 22.5. The Morgan fingerprint density at radius 1 is 1.07 bits per heavy atom. The number of carbonyl (C=O) groups excluding carboxylic acids is 2. The Morgan fingerprint density at radius 3 is 2.50 bits per heavy atom. The standard InChI is InChI=1S/C22H31N3O2S/c1-17-7-5-6-10-19(17)20(26)25-15-16-28-22(25)11-13-24(14-12-22)21(27)23-18-8-3-2-4-9-18/h5-7,10,18H,2-4,8-9,11-16H2,1H3,(H,23,27). The summed E-state index contributed by atoms with van der Waals surface area (Å²) >= 11 is 1.90. The molecule has 28 heavy (non-hydrogen) atoms. The fourth-order valence-corrected chi connectivity index (χ4v) is 6.29. The molecule has 3 aliphatic rings. The van der Waals surface area contributed by atoms with Gasteiger partial charge >= 0.3 is 6.03 Å². The lowest BCUT2D eigenvalue weighted by Gasteiger charge is -2.44. The van der Waals surface area contributed by atoms with Gasteiger partial charge in [0.05, 0.1) is 4.87 Å². The minimum Gasteiger partial charge on any atom is -0.335 e. The quantitative estimate of drug-likeness (QED) is 0.814. The van der Waals surface area contributed by atoms with Crippen LogP contribution in [-0.2, 0) is 0 Å². The van der Waals surface area contributed by atoms with Crippen molar-refractivity contribution < 1.29 is 9.59 Å². The summed E-state index contributed by atoms with van der Waals surface area (Å²) in [6, 6.07) is 8.28. The van der Waals surface area contributed by atoms with Gasteiger partial charge in [0, 0.05) is 37.0 Å². The van der Waals surface area contributed by atoms with Gasteiger partial charge in [-0.1, -0.05) is 37.5 Å². The number of hydrogen-bond donors (Lipinski definition) is 1. The van der Waals surface area contributed by atoms with Crippen molar-refractivity contribution >= 4 is 23.7 Å². The molecule has 5 nitrogen and oxygen atoms in total. The molecular weight excluding hydrogens is 370 g/mol. The van der Waals surface area contributed by atoms with E-state index >= 15 is 0 Å².